The van der Waals surface area contributed by atoms with Crippen LogP contribution < -0.4 is 10.6 Å². The molecule has 0 atom stereocenters. The first-order valence-electron chi connectivity index (χ1n) is 6.38. The van der Waals surface area contributed by atoms with Gasteiger partial charge in [-0.25, -0.2) is 0 Å². The maximum absolute atomic E-state index is 11.9. The first kappa shape index (κ1) is 13.5. The number of hydrogen-bond donors (Lipinski definition) is 2. The van der Waals surface area contributed by atoms with E-state index in [0.717, 1.165) is 31.5 Å². The van der Waals surface area contributed by atoms with Gasteiger partial charge in [-0.15, -0.1) is 0 Å². The van der Waals surface area contributed by atoms with Crippen LogP contribution in [0, 0.1) is 16.0 Å². The average Bonchev–Trinajstić information content (AvgIpc) is 2.46. The van der Waals surface area contributed by atoms with Crippen LogP contribution in [0.15, 0.2) is 24.3 Å². The monoisotopic (exact) mass is 263 g/mol. The van der Waals surface area contributed by atoms with Crippen molar-refractivity contribution in [2.45, 2.75) is 19.4 Å². The van der Waals surface area contributed by atoms with Gasteiger partial charge >= 0.3 is 0 Å². The molecule has 1 fully saturated rings. The van der Waals surface area contributed by atoms with Crippen LogP contribution in [0.2, 0.25) is 0 Å². The molecule has 1 amide bonds. The molecular weight excluding hydrogens is 246 g/mol. The molecule has 1 heterocycles. The Bertz CT molecular complexity index is 470. The van der Waals surface area contributed by atoms with Gasteiger partial charge in [0.1, 0.15) is 0 Å². The molecule has 1 aliphatic rings. The molecule has 0 bridgehead atoms. The number of nitrogens with zero attached hydrogens (tertiary/aromatic N) is 1. The number of non-ortho nitro benzene ring substituents is 1. The number of amides is 1. The Hall–Kier alpha value is -1.95. The standard InChI is InChI=1S/C13H17N3O3/c17-13(11-4-6-14-7-5-11)15-9-10-2-1-3-12(8-10)16(18)19/h1-3,8,11,14H,4-7,9H2,(H,15,17). The highest BCUT2D eigenvalue weighted by Gasteiger charge is 2.20. The van der Waals surface area contributed by atoms with Crippen molar-refractivity contribution in [3.63, 3.8) is 0 Å². The van der Waals surface area contributed by atoms with Crippen LogP contribution in [-0.2, 0) is 11.3 Å². The zero-order chi connectivity index (χ0) is 13.7. The summed E-state index contributed by atoms with van der Waals surface area (Å²) in [6.45, 7) is 2.08. The second-order valence-electron chi connectivity index (χ2n) is 4.67. The minimum Gasteiger partial charge on any atom is -0.352 e. The summed E-state index contributed by atoms with van der Waals surface area (Å²) in [4.78, 5) is 22.1. The lowest BCUT2D eigenvalue weighted by molar-refractivity contribution is -0.384. The van der Waals surface area contributed by atoms with Gasteiger partial charge in [0, 0.05) is 24.6 Å². The first-order chi connectivity index (χ1) is 9.16. The van der Waals surface area contributed by atoms with Crippen LogP contribution in [0.5, 0.6) is 0 Å². The van der Waals surface area contributed by atoms with Gasteiger partial charge in [-0.05, 0) is 31.5 Å². The Kier molecular flexibility index (Phi) is 4.46. The van der Waals surface area contributed by atoms with Crippen LogP contribution >= 0.6 is 0 Å². The van der Waals surface area contributed by atoms with E-state index in [1.54, 1.807) is 12.1 Å². The summed E-state index contributed by atoms with van der Waals surface area (Å²) >= 11 is 0. The van der Waals surface area contributed by atoms with E-state index >= 15 is 0 Å². The molecule has 0 aliphatic carbocycles. The normalized spacial score (nSPS) is 16.0. The smallest absolute Gasteiger partial charge is 0.269 e. The van der Waals surface area contributed by atoms with Crippen molar-refractivity contribution in [3.05, 3.63) is 39.9 Å². The fourth-order valence-electron chi connectivity index (χ4n) is 2.20. The lowest BCUT2D eigenvalue weighted by Gasteiger charge is -2.21. The second kappa shape index (κ2) is 6.29. The molecule has 0 radical (unpaired) electrons. The van der Waals surface area contributed by atoms with E-state index in [4.69, 9.17) is 0 Å². The van der Waals surface area contributed by atoms with Crippen LogP contribution in [0.1, 0.15) is 18.4 Å². The molecule has 0 unspecified atom stereocenters. The molecular formula is C13H17N3O3. The minimum absolute atomic E-state index is 0.0352. The predicted molar refractivity (Wildman–Crippen MR) is 70.5 cm³/mol. The SMILES string of the molecule is O=C(NCc1cccc([N+](=O)[O-])c1)C1CCNCC1. The third kappa shape index (κ3) is 3.75. The molecule has 2 rings (SSSR count). The van der Waals surface area contributed by atoms with Gasteiger partial charge in [-0.1, -0.05) is 12.1 Å². The van der Waals surface area contributed by atoms with E-state index in [1.165, 1.54) is 12.1 Å². The zero-order valence-corrected chi connectivity index (χ0v) is 10.6. The Morgan fingerprint density at radius 2 is 2.16 bits per heavy atom. The van der Waals surface area contributed by atoms with Crippen LogP contribution in [-0.4, -0.2) is 23.9 Å². The first-order valence-corrected chi connectivity index (χ1v) is 6.38. The molecule has 1 aliphatic heterocycles. The van der Waals surface area contributed by atoms with Crippen molar-refractivity contribution in [2.24, 2.45) is 5.92 Å². The van der Waals surface area contributed by atoms with Crippen molar-refractivity contribution in [1.29, 1.82) is 0 Å². The molecule has 6 heteroatoms. The van der Waals surface area contributed by atoms with E-state index in [9.17, 15) is 14.9 Å². The summed E-state index contributed by atoms with van der Waals surface area (Å²) in [5.74, 6) is 0.0907. The van der Waals surface area contributed by atoms with Crippen LogP contribution in [0.25, 0.3) is 0 Å². The second-order valence-corrected chi connectivity index (χ2v) is 4.67. The molecule has 6 nitrogen and oxygen atoms in total. The lowest BCUT2D eigenvalue weighted by atomic mass is 9.97. The number of nitro groups is 1. The number of carbonyl (C=O) groups is 1. The molecule has 0 saturated carbocycles. The van der Waals surface area contributed by atoms with Gasteiger partial charge in [-0.3, -0.25) is 14.9 Å². The molecule has 102 valence electrons. The number of hydrogen-bond acceptors (Lipinski definition) is 4. The summed E-state index contributed by atoms with van der Waals surface area (Å²) in [5, 5.41) is 16.7. The quantitative estimate of drug-likeness (QED) is 0.631. The summed E-state index contributed by atoms with van der Waals surface area (Å²) in [6, 6.07) is 6.33. The van der Waals surface area contributed by atoms with Crippen LogP contribution in [0.3, 0.4) is 0 Å². The molecule has 19 heavy (non-hydrogen) atoms. The van der Waals surface area contributed by atoms with Gasteiger partial charge in [0.05, 0.1) is 4.92 Å². The Morgan fingerprint density at radius 3 is 2.84 bits per heavy atom. The molecule has 1 saturated heterocycles. The number of nitro benzene ring substituents is 1. The zero-order valence-electron chi connectivity index (χ0n) is 10.6. The maximum Gasteiger partial charge on any atom is 0.269 e. The third-order valence-corrected chi connectivity index (χ3v) is 3.30. The van der Waals surface area contributed by atoms with Crippen molar-refractivity contribution < 1.29 is 9.72 Å². The highest BCUT2D eigenvalue weighted by atomic mass is 16.6. The van der Waals surface area contributed by atoms with E-state index in [1.807, 2.05) is 0 Å². The number of carbonyl (C=O) groups excluding carboxylic acids is 1. The van der Waals surface area contributed by atoms with Gasteiger partial charge in [-0.2, -0.15) is 0 Å². The number of rotatable bonds is 4. The average molecular weight is 263 g/mol. The van der Waals surface area contributed by atoms with Crippen molar-refractivity contribution >= 4 is 11.6 Å². The number of piperidine rings is 1. The van der Waals surface area contributed by atoms with E-state index < -0.39 is 4.92 Å². The minimum atomic E-state index is -0.432. The van der Waals surface area contributed by atoms with Gasteiger partial charge < -0.3 is 10.6 Å². The maximum atomic E-state index is 11.9. The predicted octanol–water partition coefficient (Wildman–Crippen LogP) is 1.21. The Balaban J connectivity index is 1.89. The number of benzene rings is 1. The molecule has 1 aromatic carbocycles. The van der Waals surface area contributed by atoms with Crippen LogP contribution in [0.4, 0.5) is 5.69 Å². The molecule has 0 spiro atoms. The Morgan fingerprint density at radius 1 is 1.42 bits per heavy atom. The van der Waals surface area contributed by atoms with E-state index in [-0.39, 0.29) is 17.5 Å². The fourth-order valence-corrected chi connectivity index (χ4v) is 2.20. The highest BCUT2D eigenvalue weighted by molar-refractivity contribution is 5.78. The summed E-state index contributed by atoms with van der Waals surface area (Å²) < 4.78 is 0. The van der Waals surface area contributed by atoms with Crippen molar-refractivity contribution in [2.75, 3.05) is 13.1 Å². The van der Waals surface area contributed by atoms with Crippen molar-refractivity contribution in [3.8, 4) is 0 Å². The summed E-state index contributed by atoms with van der Waals surface area (Å²) in [6.07, 6.45) is 1.70. The molecule has 0 aromatic heterocycles. The van der Waals surface area contributed by atoms with E-state index in [2.05, 4.69) is 10.6 Å². The largest absolute Gasteiger partial charge is 0.352 e. The number of nitrogens with one attached hydrogen (secondary N) is 2. The molecule has 1 aromatic rings. The summed E-state index contributed by atoms with van der Waals surface area (Å²) in [7, 11) is 0. The topological polar surface area (TPSA) is 84.3 Å². The Labute approximate surface area is 111 Å². The molecule has 2 N–H and O–H groups in total. The summed E-state index contributed by atoms with van der Waals surface area (Å²) in [5.41, 5.74) is 0.796. The third-order valence-electron chi connectivity index (χ3n) is 3.30. The van der Waals surface area contributed by atoms with Crippen molar-refractivity contribution in [1.82, 2.24) is 10.6 Å². The fraction of sp³-hybridized carbons (Fsp3) is 0.462. The van der Waals surface area contributed by atoms with Gasteiger partial charge in [0.25, 0.3) is 5.69 Å². The van der Waals surface area contributed by atoms with E-state index in [0.29, 0.717) is 6.54 Å². The highest BCUT2D eigenvalue weighted by Crippen LogP contribution is 2.14. The van der Waals surface area contributed by atoms with Gasteiger partial charge in [0.15, 0.2) is 0 Å². The van der Waals surface area contributed by atoms with Gasteiger partial charge in [0.2, 0.25) is 5.91 Å². The lowest BCUT2D eigenvalue weighted by Crippen LogP contribution is -2.37.